The fourth-order valence-corrected chi connectivity index (χ4v) is 0.0378. The van der Waals surface area contributed by atoms with Crippen molar-refractivity contribution in [3.63, 3.8) is 0 Å². The molecule has 0 aliphatic rings. The van der Waals surface area contributed by atoms with Gasteiger partial charge in [0.05, 0.1) is 0 Å². The Morgan fingerprint density at radius 3 is 2.40 bits per heavy atom. The van der Waals surface area contributed by atoms with Crippen molar-refractivity contribution < 1.29 is 4.39 Å². The van der Waals surface area contributed by atoms with E-state index in [2.05, 4.69) is 4.98 Å². The van der Waals surface area contributed by atoms with Crippen molar-refractivity contribution >= 4 is 0 Å². The first-order valence-corrected chi connectivity index (χ1v) is 1.28. The van der Waals surface area contributed by atoms with Gasteiger partial charge in [0.15, 0.2) is 6.67 Å². The summed E-state index contributed by atoms with van der Waals surface area (Å²) in [6.07, 6.45) is 0. The molecular weight excluding hydrogens is 71.0 g/mol. The first-order chi connectivity index (χ1) is 2.41. The topological polar surface area (TPSA) is 28.1 Å². The molecule has 3 heteroatoms. The molecule has 0 aliphatic carbocycles. The maximum Gasteiger partial charge on any atom is 0.333 e. The van der Waals surface area contributed by atoms with E-state index in [9.17, 15) is 4.39 Å². The van der Waals surface area contributed by atoms with Gasteiger partial charge >= 0.3 is 6.54 Å². The van der Waals surface area contributed by atoms with Crippen molar-refractivity contribution in [3.05, 3.63) is 4.98 Å². The summed E-state index contributed by atoms with van der Waals surface area (Å²) in [5, 5.41) is 7.45. The molecule has 0 amide bonds. The summed E-state index contributed by atoms with van der Waals surface area (Å²) in [5.74, 6) is 0. The van der Waals surface area contributed by atoms with Crippen LogP contribution in [0.1, 0.15) is 0 Å². The van der Waals surface area contributed by atoms with Crippen LogP contribution < -0.4 is 0 Å². The van der Waals surface area contributed by atoms with Crippen LogP contribution in [0.3, 0.4) is 0 Å². The van der Waals surface area contributed by atoms with Crippen molar-refractivity contribution in [2.45, 2.75) is 0 Å². The molecule has 28 valence electrons. The molecule has 0 aliphatic heterocycles. The Morgan fingerprint density at radius 2 is 2.40 bits per heavy atom. The van der Waals surface area contributed by atoms with Crippen molar-refractivity contribution in [3.8, 4) is 0 Å². The lowest BCUT2D eigenvalue weighted by molar-refractivity contribution is 0.518. The molecule has 0 bridgehead atoms. The molecule has 0 radical (unpaired) electrons. The van der Waals surface area contributed by atoms with Gasteiger partial charge in [0.1, 0.15) is 4.98 Å². The van der Waals surface area contributed by atoms with Gasteiger partial charge in [0, 0.05) is 0 Å². The Hall–Kier alpha value is -0.650. The second-order valence-corrected chi connectivity index (χ2v) is 0.554. The van der Waals surface area contributed by atoms with E-state index in [0.717, 1.165) is 0 Å². The second-order valence-electron chi connectivity index (χ2n) is 0.554. The zero-order chi connectivity index (χ0) is 4.12. The Kier molecular flexibility index (Phi) is 2.91. The first kappa shape index (κ1) is 4.35. The van der Waals surface area contributed by atoms with Crippen LogP contribution in [0.2, 0.25) is 0 Å². The third-order valence-electron chi connectivity index (χ3n) is 0.185. The summed E-state index contributed by atoms with van der Waals surface area (Å²) in [6, 6.07) is 0. The quantitative estimate of drug-likeness (QED) is 0.424. The SMILES string of the molecule is N#[N+]CCF. The van der Waals surface area contributed by atoms with Crippen LogP contribution >= 0.6 is 0 Å². The molecule has 0 N–H and O–H groups in total. The molecule has 0 aromatic rings. The van der Waals surface area contributed by atoms with E-state index in [1.165, 1.54) is 0 Å². The minimum Gasteiger partial charge on any atom is -0.243 e. The first-order valence-electron chi connectivity index (χ1n) is 1.28. The monoisotopic (exact) mass is 75.0 g/mol. The van der Waals surface area contributed by atoms with Crippen molar-refractivity contribution in [1.29, 1.82) is 5.39 Å². The smallest absolute Gasteiger partial charge is 0.243 e. The summed E-state index contributed by atoms with van der Waals surface area (Å²) in [4.78, 5) is 2.48. The van der Waals surface area contributed by atoms with Crippen LogP contribution in [-0.2, 0) is 0 Å². The van der Waals surface area contributed by atoms with Gasteiger partial charge in [-0.3, -0.25) is 0 Å². The average molecular weight is 75.1 g/mol. The summed E-state index contributed by atoms with van der Waals surface area (Å²) in [5.41, 5.74) is 0. The molecule has 0 rings (SSSR count). The molecular formula is C2H4FN2+. The van der Waals surface area contributed by atoms with Gasteiger partial charge in [-0.05, 0) is 0 Å². The minimum atomic E-state index is -0.573. The number of diazo groups is 1. The van der Waals surface area contributed by atoms with E-state index in [1.807, 2.05) is 0 Å². The van der Waals surface area contributed by atoms with E-state index in [-0.39, 0.29) is 6.54 Å². The maximum atomic E-state index is 10.7. The summed E-state index contributed by atoms with van der Waals surface area (Å²) in [7, 11) is 0. The van der Waals surface area contributed by atoms with Crippen LogP contribution in [-0.4, -0.2) is 13.2 Å². The fourth-order valence-electron chi connectivity index (χ4n) is 0.0378. The van der Waals surface area contributed by atoms with Gasteiger partial charge in [0.25, 0.3) is 0 Å². The summed E-state index contributed by atoms with van der Waals surface area (Å²) < 4.78 is 10.7. The van der Waals surface area contributed by atoms with Gasteiger partial charge in [-0.1, -0.05) is 0 Å². The van der Waals surface area contributed by atoms with Crippen LogP contribution in [0.15, 0.2) is 0 Å². The molecule has 2 nitrogen and oxygen atoms in total. The van der Waals surface area contributed by atoms with Crippen LogP contribution in [0.5, 0.6) is 0 Å². The average Bonchev–Trinajstić information content (AvgIpc) is 1.41. The van der Waals surface area contributed by atoms with Gasteiger partial charge in [0.2, 0.25) is 5.39 Å². The highest BCUT2D eigenvalue weighted by Gasteiger charge is 1.84. The standard InChI is InChI=1S/C2H4FN2/c3-1-2-5-4/h1-2H2/q+1. The molecule has 0 atom stereocenters. The Balaban J connectivity index is 2.48. The number of alkyl halides is 1. The third-order valence-corrected chi connectivity index (χ3v) is 0.185. The van der Waals surface area contributed by atoms with Crippen molar-refractivity contribution in [2.24, 2.45) is 0 Å². The van der Waals surface area contributed by atoms with E-state index < -0.39 is 6.67 Å². The van der Waals surface area contributed by atoms with Gasteiger partial charge in [-0.15, -0.1) is 0 Å². The van der Waals surface area contributed by atoms with Crippen LogP contribution in [0.4, 0.5) is 4.39 Å². The Labute approximate surface area is 29.2 Å². The number of halogens is 1. The number of hydrogen-bond acceptors (Lipinski definition) is 1. The molecule has 5 heavy (non-hydrogen) atoms. The minimum absolute atomic E-state index is 0.0972. The van der Waals surface area contributed by atoms with Gasteiger partial charge in [-0.2, -0.15) is 0 Å². The highest BCUT2D eigenvalue weighted by molar-refractivity contribution is 4.47. The van der Waals surface area contributed by atoms with E-state index in [4.69, 9.17) is 5.39 Å². The Morgan fingerprint density at radius 1 is 1.80 bits per heavy atom. The molecule has 0 heterocycles. The number of nitrogens with zero attached hydrogens (tertiary/aromatic N) is 2. The molecule has 0 aromatic carbocycles. The predicted molar refractivity (Wildman–Crippen MR) is 15.9 cm³/mol. The third kappa shape index (κ3) is 3.35. The molecule has 0 unspecified atom stereocenters. The predicted octanol–water partition coefficient (Wildman–Crippen LogP) is 0.809. The molecule has 0 spiro atoms. The zero-order valence-corrected chi connectivity index (χ0v) is 2.69. The van der Waals surface area contributed by atoms with Gasteiger partial charge < -0.3 is 0 Å². The Bertz CT molecular complexity index is 46.1. The maximum absolute atomic E-state index is 10.7. The van der Waals surface area contributed by atoms with E-state index in [1.54, 1.807) is 0 Å². The highest BCUT2D eigenvalue weighted by Crippen LogP contribution is 1.64. The molecule has 0 aromatic heterocycles. The van der Waals surface area contributed by atoms with E-state index in [0.29, 0.717) is 0 Å². The van der Waals surface area contributed by atoms with Gasteiger partial charge in [-0.25, -0.2) is 4.39 Å². The molecule has 0 saturated heterocycles. The zero-order valence-electron chi connectivity index (χ0n) is 2.69. The molecule has 0 saturated carbocycles. The lowest BCUT2D eigenvalue weighted by Gasteiger charge is -1.50. The lowest BCUT2D eigenvalue weighted by atomic mass is 10.8. The van der Waals surface area contributed by atoms with E-state index >= 15 is 0 Å². The normalized spacial score (nSPS) is 6.40. The van der Waals surface area contributed by atoms with Crippen LogP contribution in [0.25, 0.3) is 4.98 Å². The fraction of sp³-hybridized carbons (Fsp3) is 1.00. The largest absolute Gasteiger partial charge is 0.333 e. The van der Waals surface area contributed by atoms with Crippen molar-refractivity contribution in [2.75, 3.05) is 13.2 Å². The van der Waals surface area contributed by atoms with Crippen molar-refractivity contribution in [1.82, 2.24) is 0 Å². The summed E-state index contributed by atoms with van der Waals surface area (Å²) in [6.45, 7) is -0.670. The summed E-state index contributed by atoms with van der Waals surface area (Å²) >= 11 is 0. The van der Waals surface area contributed by atoms with Crippen LogP contribution in [0, 0.1) is 5.39 Å². The number of hydrogen-bond donors (Lipinski definition) is 0. The second kappa shape index (κ2) is 3.35. The highest BCUT2D eigenvalue weighted by atomic mass is 19.1. The number of rotatable bonds is 1. The molecule has 0 fully saturated rings. The lowest BCUT2D eigenvalue weighted by Crippen LogP contribution is -1.71.